The van der Waals surface area contributed by atoms with Gasteiger partial charge in [-0.2, -0.15) is 0 Å². The molecule has 6 nitrogen and oxygen atoms in total. The van der Waals surface area contributed by atoms with E-state index in [-0.39, 0.29) is 24.6 Å². The number of carbonyl (C=O) groups excluding carboxylic acids is 1. The molecule has 2 rings (SSSR count). The second-order valence-electron chi connectivity index (χ2n) is 4.79. The molecule has 0 fully saturated rings. The number of ether oxygens (including phenoxy) is 1. The summed E-state index contributed by atoms with van der Waals surface area (Å²) in [6.45, 7) is 1.88. The zero-order chi connectivity index (χ0) is 16.8. The lowest BCUT2D eigenvalue weighted by Crippen LogP contribution is -2.18. The maximum absolute atomic E-state index is 12.0. The molecule has 2 aromatic heterocycles. The highest BCUT2D eigenvalue weighted by atomic mass is 35.5. The van der Waals surface area contributed by atoms with Crippen molar-refractivity contribution in [1.82, 2.24) is 15.0 Å². The normalized spacial score (nSPS) is 10.6. The fraction of sp³-hybridized carbons (Fsp3) is 0.333. The minimum absolute atomic E-state index is 0.114. The van der Waals surface area contributed by atoms with Gasteiger partial charge in [0.05, 0.1) is 0 Å². The first-order valence-corrected chi connectivity index (χ1v) is 8.49. The van der Waals surface area contributed by atoms with Crippen LogP contribution in [0.25, 0.3) is 0 Å². The number of hydrogen-bond acceptors (Lipinski definition) is 6. The van der Waals surface area contributed by atoms with Gasteiger partial charge >= 0.3 is 5.97 Å². The van der Waals surface area contributed by atoms with Gasteiger partial charge in [-0.15, -0.1) is 0 Å². The molecule has 0 unspecified atom stereocenters. The Labute approximate surface area is 142 Å². The first-order chi connectivity index (χ1) is 11.0. The molecular weight excluding hydrogens is 338 g/mol. The highest BCUT2D eigenvalue weighted by molar-refractivity contribution is 7.98. The van der Waals surface area contributed by atoms with Crippen LogP contribution in [-0.4, -0.2) is 27.2 Å². The molecule has 0 aliphatic carbocycles. The summed E-state index contributed by atoms with van der Waals surface area (Å²) in [5.74, 6) is -0.384. The SMILES string of the molecule is CSc1nc(C)c(CCC(=O)OCc2ccnc(Cl)c2)c(=O)[nH]1. The number of nitrogens with zero attached hydrogens (tertiary/aromatic N) is 2. The minimum Gasteiger partial charge on any atom is -0.461 e. The molecule has 0 saturated carbocycles. The molecule has 0 aromatic carbocycles. The summed E-state index contributed by atoms with van der Waals surface area (Å²) in [4.78, 5) is 34.6. The topological polar surface area (TPSA) is 84.9 Å². The average Bonchev–Trinajstić information content (AvgIpc) is 2.52. The zero-order valence-electron chi connectivity index (χ0n) is 12.8. The van der Waals surface area contributed by atoms with Crippen molar-refractivity contribution in [2.75, 3.05) is 6.26 Å². The number of nitrogens with one attached hydrogen (secondary N) is 1. The molecule has 1 N–H and O–H groups in total. The standard InChI is InChI=1S/C15H16ClN3O3S/c1-9-11(14(21)19-15(18-9)23-2)3-4-13(20)22-8-10-5-6-17-12(16)7-10/h5-7H,3-4,8H2,1-2H3,(H,18,19,21). The van der Waals surface area contributed by atoms with E-state index in [0.717, 1.165) is 5.56 Å². The second kappa shape index (κ2) is 8.12. The van der Waals surface area contributed by atoms with Crippen molar-refractivity contribution in [2.24, 2.45) is 0 Å². The Morgan fingerprint density at radius 2 is 2.26 bits per heavy atom. The number of hydrogen-bond donors (Lipinski definition) is 1. The highest BCUT2D eigenvalue weighted by Gasteiger charge is 2.11. The van der Waals surface area contributed by atoms with E-state index in [1.165, 1.54) is 11.8 Å². The van der Waals surface area contributed by atoms with Crippen LogP contribution in [0.1, 0.15) is 23.2 Å². The van der Waals surface area contributed by atoms with Crippen LogP contribution in [0.15, 0.2) is 28.3 Å². The summed E-state index contributed by atoms with van der Waals surface area (Å²) in [6.07, 6.45) is 3.79. The lowest BCUT2D eigenvalue weighted by molar-refractivity contribution is -0.144. The van der Waals surface area contributed by atoms with Gasteiger partial charge in [0, 0.05) is 23.9 Å². The Balaban J connectivity index is 1.91. The lowest BCUT2D eigenvalue weighted by atomic mass is 10.1. The van der Waals surface area contributed by atoms with Crippen LogP contribution in [-0.2, 0) is 22.6 Å². The molecule has 0 atom stereocenters. The molecule has 0 spiro atoms. The Morgan fingerprint density at radius 1 is 1.48 bits per heavy atom. The maximum atomic E-state index is 12.0. The van der Waals surface area contributed by atoms with Gasteiger partial charge in [0.1, 0.15) is 11.8 Å². The highest BCUT2D eigenvalue weighted by Crippen LogP contribution is 2.11. The van der Waals surface area contributed by atoms with Gasteiger partial charge in [0.2, 0.25) is 0 Å². The lowest BCUT2D eigenvalue weighted by Gasteiger charge is -2.07. The molecule has 23 heavy (non-hydrogen) atoms. The van der Waals surface area contributed by atoms with Crippen molar-refractivity contribution in [3.63, 3.8) is 0 Å². The van der Waals surface area contributed by atoms with Crippen LogP contribution in [0.2, 0.25) is 5.15 Å². The first kappa shape index (κ1) is 17.5. The molecule has 2 heterocycles. The van der Waals surface area contributed by atoms with Crippen molar-refractivity contribution in [2.45, 2.75) is 31.5 Å². The Kier molecular flexibility index (Phi) is 6.18. The van der Waals surface area contributed by atoms with Crippen LogP contribution >= 0.6 is 23.4 Å². The maximum Gasteiger partial charge on any atom is 0.306 e. The van der Waals surface area contributed by atoms with Crippen molar-refractivity contribution < 1.29 is 9.53 Å². The minimum atomic E-state index is -0.384. The number of pyridine rings is 1. The van der Waals surface area contributed by atoms with Crippen LogP contribution in [0, 0.1) is 6.92 Å². The zero-order valence-corrected chi connectivity index (χ0v) is 14.3. The summed E-state index contributed by atoms with van der Waals surface area (Å²) in [6, 6.07) is 3.35. The largest absolute Gasteiger partial charge is 0.461 e. The Hall–Kier alpha value is -1.86. The molecule has 0 saturated heterocycles. The Morgan fingerprint density at radius 3 is 2.91 bits per heavy atom. The van der Waals surface area contributed by atoms with Gasteiger partial charge in [-0.25, -0.2) is 9.97 Å². The predicted octanol–water partition coefficient (Wildman–Crippen LogP) is 2.52. The molecule has 0 aliphatic heterocycles. The average molecular weight is 354 g/mol. The fourth-order valence-electron chi connectivity index (χ4n) is 1.97. The van der Waals surface area contributed by atoms with E-state index in [2.05, 4.69) is 15.0 Å². The number of aromatic nitrogens is 3. The number of thioether (sulfide) groups is 1. The molecule has 0 amide bonds. The van der Waals surface area contributed by atoms with E-state index in [9.17, 15) is 9.59 Å². The van der Waals surface area contributed by atoms with Gasteiger partial charge in [-0.05, 0) is 37.3 Å². The van der Waals surface area contributed by atoms with Crippen molar-refractivity contribution >= 4 is 29.3 Å². The third-order valence-electron chi connectivity index (χ3n) is 3.16. The predicted molar refractivity (Wildman–Crippen MR) is 88.7 cm³/mol. The number of aromatic amines is 1. The van der Waals surface area contributed by atoms with E-state index in [1.807, 2.05) is 6.26 Å². The molecule has 2 aromatic rings. The summed E-state index contributed by atoms with van der Waals surface area (Å²) in [5.41, 5.74) is 1.69. The van der Waals surface area contributed by atoms with E-state index >= 15 is 0 Å². The fourth-order valence-corrected chi connectivity index (χ4v) is 2.59. The number of H-pyrrole nitrogens is 1. The number of halogens is 1. The van der Waals surface area contributed by atoms with Crippen LogP contribution in [0.4, 0.5) is 0 Å². The summed E-state index contributed by atoms with van der Waals surface area (Å²) < 4.78 is 5.17. The quantitative estimate of drug-likeness (QED) is 0.372. The smallest absolute Gasteiger partial charge is 0.306 e. The van der Waals surface area contributed by atoms with E-state index in [4.69, 9.17) is 16.3 Å². The summed E-state index contributed by atoms with van der Waals surface area (Å²) in [7, 11) is 0. The van der Waals surface area contributed by atoms with Crippen LogP contribution in [0.5, 0.6) is 0 Å². The van der Waals surface area contributed by atoms with Crippen molar-refractivity contribution in [3.8, 4) is 0 Å². The molecule has 0 aliphatic rings. The number of rotatable bonds is 6. The van der Waals surface area contributed by atoms with Crippen molar-refractivity contribution in [1.29, 1.82) is 0 Å². The van der Waals surface area contributed by atoms with Gasteiger partial charge in [0.25, 0.3) is 5.56 Å². The van der Waals surface area contributed by atoms with E-state index in [0.29, 0.717) is 28.0 Å². The molecule has 0 bridgehead atoms. The molecular formula is C15H16ClN3O3S. The van der Waals surface area contributed by atoms with Crippen LogP contribution < -0.4 is 5.56 Å². The first-order valence-electron chi connectivity index (χ1n) is 6.89. The third-order valence-corrected chi connectivity index (χ3v) is 3.95. The number of esters is 1. The van der Waals surface area contributed by atoms with Crippen LogP contribution in [0.3, 0.4) is 0 Å². The van der Waals surface area contributed by atoms with Gasteiger partial charge < -0.3 is 9.72 Å². The molecule has 8 heteroatoms. The molecule has 0 radical (unpaired) electrons. The Bertz CT molecular complexity index is 764. The third kappa shape index (κ3) is 5.07. The molecule has 122 valence electrons. The summed E-state index contributed by atoms with van der Waals surface area (Å²) >= 11 is 7.13. The monoisotopic (exact) mass is 353 g/mol. The van der Waals surface area contributed by atoms with Gasteiger partial charge in [0.15, 0.2) is 5.16 Å². The van der Waals surface area contributed by atoms with Gasteiger partial charge in [-0.3, -0.25) is 9.59 Å². The number of aryl methyl sites for hydroxylation is 1. The van der Waals surface area contributed by atoms with E-state index < -0.39 is 0 Å². The van der Waals surface area contributed by atoms with Gasteiger partial charge in [-0.1, -0.05) is 23.4 Å². The van der Waals surface area contributed by atoms with Crippen molar-refractivity contribution in [3.05, 3.63) is 50.7 Å². The van der Waals surface area contributed by atoms with E-state index in [1.54, 1.807) is 25.3 Å². The number of carbonyl (C=O) groups is 1. The summed E-state index contributed by atoms with van der Waals surface area (Å²) in [5, 5.41) is 0.911. The second-order valence-corrected chi connectivity index (χ2v) is 5.97.